The number of ether oxygens (including phenoxy) is 1. The molecule has 0 aliphatic carbocycles. The molecule has 116 valence electrons. The minimum absolute atomic E-state index is 0.154. The van der Waals surface area contributed by atoms with Crippen molar-refractivity contribution in [3.8, 4) is 5.75 Å². The van der Waals surface area contributed by atoms with E-state index in [9.17, 15) is 4.79 Å². The van der Waals surface area contributed by atoms with E-state index in [1.54, 1.807) is 6.92 Å². The van der Waals surface area contributed by atoms with Crippen molar-refractivity contribution in [3.05, 3.63) is 59.1 Å². The van der Waals surface area contributed by atoms with Crippen LogP contribution in [-0.2, 0) is 11.3 Å². The van der Waals surface area contributed by atoms with Crippen LogP contribution < -0.4 is 10.1 Å². The molecule has 0 bridgehead atoms. The summed E-state index contributed by atoms with van der Waals surface area (Å²) in [6.07, 6.45) is 0. The van der Waals surface area contributed by atoms with Crippen LogP contribution in [0.5, 0.6) is 5.75 Å². The molecule has 22 heavy (non-hydrogen) atoms. The Morgan fingerprint density at radius 1 is 1.23 bits per heavy atom. The third kappa shape index (κ3) is 4.67. The maximum absolute atomic E-state index is 10.7. The molecule has 0 spiro atoms. The van der Waals surface area contributed by atoms with Gasteiger partial charge in [0.25, 0.3) is 0 Å². The van der Waals surface area contributed by atoms with E-state index in [2.05, 4.69) is 5.32 Å². The number of rotatable bonds is 7. The third-order valence-corrected chi connectivity index (χ3v) is 3.59. The first kappa shape index (κ1) is 16.2. The first-order valence-electron chi connectivity index (χ1n) is 6.99. The van der Waals surface area contributed by atoms with Crippen molar-refractivity contribution in [2.75, 3.05) is 11.9 Å². The molecular formula is C17H18ClNO3. The highest BCUT2D eigenvalue weighted by Crippen LogP contribution is 2.19. The SMILES string of the molecule is CC(COc1ccc(NCc2ccccc2Cl)cc1)C(=O)O. The number of carboxylic acid groups (broad SMARTS) is 1. The molecule has 0 radical (unpaired) electrons. The molecule has 0 aliphatic heterocycles. The van der Waals surface area contributed by atoms with Gasteiger partial charge in [0.2, 0.25) is 0 Å². The molecule has 5 heteroatoms. The second-order valence-electron chi connectivity index (χ2n) is 5.02. The van der Waals surface area contributed by atoms with Crippen molar-refractivity contribution in [3.63, 3.8) is 0 Å². The van der Waals surface area contributed by atoms with E-state index < -0.39 is 11.9 Å². The van der Waals surface area contributed by atoms with Gasteiger partial charge in [-0.15, -0.1) is 0 Å². The van der Waals surface area contributed by atoms with Gasteiger partial charge in [0.15, 0.2) is 0 Å². The molecule has 0 amide bonds. The summed E-state index contributed by atoms with van der Waals surface area (Å²) in [5.74, 6) is -0.743. The van der Waals surface area contributed by atoms with E-state index >= 15 is 0 Å². The fraction of sp³-hybridized carbons (Fsp3) is 0.235. The van der Waals surface area contributed by atoms with Gasteiger partial charge in [-0.1, -0.05) is 29.8 Å². The van der Waals surface area contributed by atoms with E-state index in [-0.39, 0.29) is 6.61 Å². The summed E-state index contributed by atoms with van der Waals surface area (Å²) in [7, 11) is 0. The topological polar surface area (TPSA) is 58.6 Å². The van der Waals surface area contributed by atoms with Gasteiger partial charge in [-0.3, -0.25) is 4.79 Å². The van der Waals surface area contributed by atoms with Gasteiger partial charge in [-0.2, -0.15) is 0 Å². The summed E-state index contributed by atoms with van der Waals surface area (Å²) in [5.41, 5.74) is 1.97. The Bertz CT molecular complexity index is 628. The predicted octanol–water partition coefficient (Wildman–Crippen LogP) is 4.05. The Kier molecular flexibility index (Phi) is 5.67. The average molecular weight is 320 g/mol. The van der Waals surface area contributed by atoms with Gasteiger partial charge in [0, 0.05) is 17.3 Å². The molecule has 0 saturated heterocycles. The van der Waals surface area contributed by atoms with Crippen molar-refractivity contribution in [2.24, 2.45) is 5.92 Å². The van der Waals surface area contributed by atoms with Gasteiger partial charge in [0.1, 0.15) is 12.4 Å². The van der Waals surface area contributed by atoms with Crippen LogP contribution in [0.1, 0.15) is 12.5 Å². The highest BCUT2D eigenvalue weighted by Gasteiger charge is 2.11. The summed E-state index contributed by atoms with van der Waals surface area (Å²) in [5, 5.41) is 12.8. The summed E-state index contributed by atoms with van der Waals surface area (Å²) in [6.45, 7) is 2.40. The molecule has 4 nitrogen and oxygen atoms in total. The van der Waals surface area contributed by atoms with E-state index in [1.807, 2.05) is 48.5 Å². The van der Waals surface area contributed by atoms with Crippen molar-refractivity contribution >= 4 is 23.3 Å². The van der Waals surface area contributed by atoms with Gasteiger partial charge >= 0.3 is 5.97 Å². The molecule has 2 rings (SSSR count). The largest absolute Gasteiger partial charge is 0.493 e. The Morgan fingerprint density at radius 2 is 1.91 bits per heavy atom. The molecule has 0 heterocycles. The molecule has 0 saturated carbocycles. The normalized spacial score (nSPS) is 11.7. The lowest BCUT2D eigenvalue weighted by Crippen LogP contribution is -2.17. The molecule has 2 N–H and O–H groups in total. The molecular weight excluding hydrogens is 302 g/mol. The van der Waals surface area contributed by atoms with Crippen LogP contribution in [0.2, 0.25) is 5.02 Å². The number of hydrogen-bond acceptors (Lipinski definition) is 3. The number of hydrogen-bond donors (Lipinski definition) is 2. The van der Waals surface area contributed by atoms with E-state index in [0.717, 1.165) is 16.3 Å². The van der Waals surface area contributed by atoms with E-state index in [1.165, 1.54) is 0 Å². The number of nitrogens with one attached hydrogen (secondary N) is 1. The molecule has 2 aromatic carbocycles. The zero-order valence-electron chi connectivity index (χ0n) is 12.3. The van der Waals surface area contributed by atoms with Crippen LogP contribution in [-0.4, -0.2) is 17.7 Å². The number of halogens is 1. The smallest absolute Gasteiger partial charge is 0.309 e. The monoisotopic (exact) mass is 319 g/mol. The zero-order valence-corrected chi connectivity index (χ0v) is 13.0. The predicted molar refractivity (Wildman–Crippen MR) is 87.5 cm³/mol. The van der Waals surface area contributed by atoms with Crippen molar-refractivity contribution in [1.82, 2.24) is 0 Å². The molecule has 0 fully saturated rings. The Balaban J connectivity index is 1.87. The lowest BCUT2D eigenvalue weighted by molar-refractivity contribution is -0.142. The second-order valence-corrected chi connectivity index (χ2v) is 5.43. The van der Waals surface area contributed by atoms with Gasteiger partial charge in [-0.05, 0) is 42.8 Å². The van der Waals surface area contributed by atoms with Crippen molar-refractivity contribution in [1.29, 1.82) is 0 Å². The maximum atomic E-state index is 10.7. The van der Waals surface area contributed by atoms with Crippen LogP contribution in [0, 0.1) is 5.92 Å². The Labute approximate surface area is 134 Å². The first-order valence-corrected chi connectivity index (χ1v) is 7.37. The molecule has 1 atom stereocenters. The number of carboxylic acids is 1. The summed E-state index contributed by atoms with van der Waals surface area (Å²) >= 11 is 6.10. The molecule has 1 unspecified atom stereocenters. The number of carbonyl (C=O) groups is 1. The fourth-order valence-electron chi connectivity index (χ4n) is 1.80. The quantitative estimate of drug-likeness (QED) is 0.808. The minimum atomic E-state index is -0.863. The number of benzene rings is 2. The lowest BCUT2D eigenvalue weighted by atomic mass is 10.2. The Hall–Kier alpha value is -2.20. The van der Waals surface area contributed by atoms with Gasteiger partial charge < -0.3 is 15.2 Å². The fourth-order valence-corrected chi connectivity index (χ4v) is 2.00. The highest BCUT2D eigenvalue weighted by molar-refractivity contribution is 6.31. The van der Waals surface area contributed by atoms with E-state index in [4.69, 9.17) is 21.4 Å². The summed E-state index contributed by atoms with van der Waals surface area (Å²) in [6, 6.07) is 15.1. The zero-order chi connectivity index (χ0) is 15.9. The minimum Gasteiger partial charge on any atom is -0.493 e. The molecule has 0 aliphatic rings. The highest BCUT2D eigenvalue weighted by atomic mass is 35.5. The second kappa shape index (κ2) is 7.71. The van der Waals surface area contributed by atoms with Crippen molar-refractivity contribution in [2.45, 2.75) is 13.5 Å². The number of anilines is 1. The van der Waals surface area contributed by atoms with Crippen LogP contribution in [0.3, 0.4) is 0 Å². The maximum Gasteiger partial charge on any atom is 0.309 e. The standard InChI is InChI=1S/C17H18ClNO3/c1-12(17(20)21)11-22-15-8-6-14(7-9-15)19-10-13-4-2-3-5-16(13)18/h2-9,12,19H,10-11H2,1H3,(H,20,21). The molecule has 2 aromatic rings. The molecule has 0 aromatic heterocycles. The number of aliphatic carboxylic acids is 1. The van der Waals surface area contributed by atoms with Crippen LogP contribution in [0.4, 0.5) is 5.69 Å². The third-order valence-electron chi connectivity index (χ3n) is 3.22. The van der Waals surface area contributed by atoms with Gasteiger partial charge in [0.05, 0.1) is 5.92 Å². The van der Waals surface area contributed by atoms with Crippen LogP contribution in [0.15, 0.2) is 48.5 Å². The lowest BCUT2D eigenvalue weighted by Gasteiger charge is -2.11. The van der Waals surface area contributed by atoms with Crippen molar-refractivity contribution < 1.29 is 14.6 Å². The summed E-state index contributed by atoms with van der Waals surface area (Å²) in [4.78, 5) is 10.7. The van der Waals surface area contributed by atoms with E-state index in [0.29, 0.717) is 12.3 Å². The Morgan fingerprint density at radius 3 is 2.55 bits per heavy atom. The average Bonchev–Trinajstić information content (AvgIpc) is 2.52. The summed E-state index contributed by atoms with van der Waals surface area (Å²) < 4.78 is 5.44. The first-order chi connectivity index (χ1) is 10.6. The van der Waals surface area contributed by atoms with Crippen LogP contribution in [0.25, 0.3) is 0 Å². The van der Waals surface area contributed by atoms with Gasteiger partial charge in [-0.25, -0.2) is 0 Å². The van der Waals surface area contributed by atoms with Crippen LogP contribution >= 0.6 is 11.6 Å².